The van der Waals surface area contributed by atoms with Crippen LogP contribution in [0, 0.1) is 13.8 Å². The largest absolute Gasteiger partial charge is 0.459 e. The molecule has 3 aromatic rings. The van der Waals surface area contributed by atoms with Crippen molar-refractivity contribution < 1.29 is 9.21 Å². The number of rotatable bonds is 8. The number of benzene rings is 1. The third-order valence-corrected chi connectivity index (χ3v) is 4.43. The van der Waals surface area contributed by atoms with Gasteiger partial charge in [0.05, 0.1) is 24.2 Å². The first-order chi connectivity index (χ1) is 14.6. The number of para-hydroxylation sites is 1. The molecular formula is C22H29IN6O2. The second kappa shape index (κ2) is 12.1. The van der Waals surface area contributed by atoms with Gasteiger partial charge in [-0.15, -0.1) is 24.0 Å². The van der Waals surface area contributed by atoms with Crippen molar-refractivity contribution in [2.45, 2.75) is 27.3 Å². The molecule has 0 saturated carbocycles. The quantitative estimate of drug-likeness (QED) is 0.178. The minimum atomic E-state index is -0.234. The lowest BCUT2D eigenvalue weighted by atomic mass is 10.2. The SMILES string of the molecule is CCNC(=NCc1ccccc1-n1nc(C)cc1C)NCCNC(=O)c1ccco1.I. The highest BCUT2D eigenvalue weighted by molar-refractivity contribution is 14.0. The van der Waals surface area contributed by atoms with E-state index >= 15 is 0 Å². The molecule has 0 spiro atoms. The third kappa shape index (κ3) is 6.84. The highest BCUT2D eigenvalue weighted by atomic mass is 127. The standard InChI is InChI=1S/C22H28N6O2.HI/c1-4-23-22(25-12-11-24-21(29)20-10-7-13-30-20)26-15-18-8-5-6-9-19(18)28-17(3)14-16(2)27-28;/h5-10,13-14H,4,11-12,15H2,1-3H3,(H,24,29)(H2,23,25,26);1H. The molecule has 8 nitrogen and oxygen atoms in total. The van der Waals surface area contributed by atoms with E-state index in [1.807, 2.05) is 37.6 Å². The first-order valence-corrected chi connectivity index (χ1v) is 10.0. The van der Waals surface area contributed by atoms with Gasteiger partial charge in [0.2, 0.25) is 0 Å². The molecule has 9 heteroatoms. The number of furan rings is 1. The smallest absolute Gasteiger partial charge is 0.287 e. The van der Waals surface area contributed by atoms with Crippen LogP contribution in [0.2, 0.25) is 0 Å². The van der Waals surface area contributed by atoms with Crippen molar-refractivity contribution in [2.75, 3.05) is 19.6 Å². The summed E-state index contributed by atoms with van der Waals surface area (Å²) < 4.78 is 7.03. The van der Waals surface area contributed by atoms with Crippen molar-refractivity contribution in [3.63, 3.8) is 0 Å². The summed E-state index contributed by atoms with van der Waals surface area (Å²) in [6, 6.07) is 13.5. The summed E-state index contributed by atoms with van der Waals surface area (Å²) in [6.07, 6.45) is 1.48. The van der Waals surface area contributed by atoms with Gasteiger partial charge in [-0.25, -0.2) is 9.67 Å². The number of carbonyl (C=O) groups is 1. The number of aryl methyl sites for hydroxylation is 2. The molecule has 0 radical (unpaired) electrons. The van der Waals surface area contributed by atoms with Gasteiger partial charge in [-0.1, -0.05) is 18.2 Å². The molecule has 0 aliphatic heterocycles. The van der Waals surface area contributed by atoms with E-state index < -0.39 is 0 Å². The molecule has 0 aliphatic rings. The predicted molar refractivity (Wildman–Crippen MR) is 132 cm³/mol. The molecule has 0 fully saturated rings. The van der Waals surface area contributed by atoms with Crippen LogP contribution in [0.15, 0.2) is 58.1 Å². The molecule has 3 N–H and O–H groups in total. The molecule has 0 saturated heterocycles. The molecule has 1 amide bonds. The number of halogens is 1. The zero-order valence-electron chi connectivity index (χ0n) is 18.0. The van der Waals surface area contributed by atoms with Crippen LogP contribution in [0.25, 0.3) is 5.69 Å². The van der Waals surface area contributed by atoms with Crippen molar-refractivity contribution in [1.82, 2.24) is 25.7 Å². The van der Waals surface area contributed by atoms with Gasteiger partial charge in [-0.3, -0.25) is 4.79 Å². The summed E-state index contributed by atoms with van der Waals surface area (Å²) in [7, 11) is 0. The van der Waals surface area contributed by atoms with Crippen LogP contribution in [-0.4, -0.2) is 41.3 Å². The number of hydrogen-bond acceptors (Lipinski definition) is 4. The second-order valence-corrected chi connectivity index (χ2v) is 6.82. The average Bonchev–Trinajstić information content (AvgIpc) is 3.39. The zero-order chi connectivity index (χ0) is 21.3. The van der Waals surface area contributed by atoms with E-state index in [0.717, 1.165) is 29.2 Å². The van der Waals surface area contributed by atoms with Crippen LogP contribution in [0.4, 0.5) is 0 Å². The summed E-state index contributed by atoms with van der Waals surface area (Å²) in [6.45, 7) is 8.28. The van der Waals surface area contributed by atoms with E-state index in [9.17, 15) is 4.79 Å². The Morgan fingerprint density at radius 3 is 2.55 bits per heavy atom. The van der Waals surface area contributed by atoms with E-state index in [1.54, 1.807) is 12.1 Å². The summed E-state index contributed by atoms with van der Waals surface area (Å²) in [4.78, 5) is 16.6. The number of nitrogens with zero attached hydrogens (tertiary/aromatic N) is 3. The van der Waals surface area contributed by atoms with E-state index in [0.29, 0.717) is 31.4 Å². The van der Waals surface area contributed by atoms with Crippen molar-refractivity contribution in [3.05, 3.63) is 71.4 Å². The van der Waals surface area contributed by atoms with Gasteiger partial charge in [-0.05, 0) is 50.6 Å². The average molecular weight is 536 g/mol. The topological polar surface area (TPSA) is 96.5 Å². The zero-order valence-corrected chi connectivity index (χ0v) is 20.3. The summed E-state index contributed by atoms with van der Waals surface area (Å²) in [5, 5.41) is 13.9. The van der Waals surface area contributed by atoms with E-state index in [4.69, 9.17) is 9.41 Å². The van der Waals surface area contributed by atoms with Gasteiger partial charge >= 0.3 is 0 Å². The first kappa shape index (κ1) is 24.4. The summed E-state index contributed by atoms with van der Waals surface area (Å²) in [5.74, 6) is 0.756. The van der Waals surface area contributed by atoms with Gasteiger partial charge < -0.3 is 20.4 Å². The Labute approximate surface area is 199 Å². The van der Waals surface area contributed by atoms with Gasteiger partial charge in [0.1, 0.15) is 0 Å². The predicted octanol–water partition coefficient (Wildman–Crippen LogP) is 3.19. The number of hydrogen-bond donors (Lipinski definition) is 3. The Balaban J connectivity index is 0.00000341. The van der Waals surface area contributed by atoms with Crippen LogP contribution in [0.3, 0.4) is 0 Å². The van der Waals surface area contributed by atoms with E-state index in [-0.39, 0.29) is 29.9 Å². The second-order valence-electron chi connectivity index (χ2n) is 6.82. The van der Waals surface area contributed by atoms with Crippen LogP contribution in [-0.2, 0) is 6.54 Å². The Hall–Kier alpha value is -2.82. The van der Waals surface area contributed by atoms with E-state index in [2.05, 4.69) is 39.2 Å². The fourth-order valence-electron chi connectivity index (χ4n) is 3.08. The molecule has 3 rings (SSSR count). The number of aromatic nitrogens is 2. The maximum absolute atomic E-state index is 11.9. The van der Waals surface area contributed by atoms with Crippen molar-refractivity contribution in [2.24, 2.45) is 4.99 Å². The maximum atomic E-state index is 11.9. The lowest BCUT2D eigenvalue weighted by molar-refractivity contribution is 0.0926. The Bertz CT molecular complexity index is 997. The highest BCUT2D eigenvalue weighted by Crippen LogP contribution is 2.17. The number of carbonyl (C=O) groups excluding carboxylic acids is 1. The van der Waals surface area contributed by atoms with Gasteiger partial charge in [0, 0.05) is 25.3 Å². The van der Waals surface area contributed by atoms with Gasteiger partial charge in [-0.2, -0.15) is 5.10 Å². The minimum Gasteiger partial charge on any atom is -0.459 e. The highest BCUT2D eigenvalue weighted by Gasteiger charge is 2.09. The molecule has 166 valence electrons. The number of aliphatic imine (C=N–C) groups is 1. The summed E-state index contributed by atoms with van der Waals surface area (Å²) in [5.41, 5.74) is 4.17. The molecule has 2 heterocycles. The third-order valence-electron chi connectivity index (χ3n) is 4.43. The summed E-state index contributed by atoms with van der Waals surface area (Å²) >= 11 is 0. The molecule has 2 aromatic heterocycles. The molecule has 0 unspecified atom stereocenters. The van der Waals surface area contributed by atoms with Crippen LogP contribution < -0.4 is 16.0 Å². The fraction of sp³-hybridized carbons (Fsp3) is 0.318. The molecule has 0 bridgehead atoms. The lowest BCUT2D eigenvalue weighted by Gasteiger charge is -2.13. The van der Waals surface area contributed by atoms with Crippen LogP contribution >= 0.6 is 24.0 Å². The molecule has 1 aromatic carbocycles. The lowest BCUT2D eigenvalue weighted by Crippen LogP contribution is -2.41. The van der Waals surface area contributed by atoms with Crippen molar-refractivity contribution in [3.8, 4) is 5.69 Å². The Kier molecular flexibility index (Phi) is 9.57. The monoisotopic (exact) mass is 536 g/mol. The van der Waals surface area contributed by atoms with E-state index in [1.165, 1.54) is 6.26 Å². The Morgan fingerprint density at radius 1 is 1.10 bits per heavy atom. The number of nitrogens with one attached hydrogen (secondary N) is 3. The van der Waals surface area contributed by atoms with Gasteiger partial charge in [0.25, 0.3) is 5.91 Å². The molecular weight excluding hydrogens is 507 g/mol. The van der Waals surface area contributed by atoms with Crippen LogP contribution in [0.5, 0.6) is 0 Å². The number of amides is 1. The number of guanidine groups is 1. The fourth-order valence-corrected chi connectivity index (χ4v) is 3.08. The van der Waals surface area contributed by atoms with Crippen molar-refractivity contribution >= 4 is 35.8 Å². The first-order valence-electron chi connectivity index (χ1n) is 10.0. The Morgan fingerprint density at radius 2 is 1.87 bits per heavy atom. The molecule has 31 heavy (non-hydrogen) atoms. The normalized spacial score (nSPS) is 11.0. The van der Waals surface area contributed by atoms with Crippen LogP contribution in [0.1, 0.15) is 34.4 Å². The molecule has 0 aliphatic carbocycles. The maximum Gasteiger partial charge on any atom is 0.287 e. The van der Waals surface area contributed by atoms with Crippen molar-refractivity contribution in [1.29, 1.82) is 0 Å². The minimum absolute atomic E-state index is 0. The van der Waals surface area contributed by atoms with Gasteiger partial charge in [0.15, 0.2) is 11.7 Å². The molecule has 0 atom stereocenters.